The highest BCUT2D eigenvalue weighted by Crippen LogP contribution is 2.43. The van der Waals surface area contributed by atoms with Crippen molar-refractivity contribution in [2.75, 3.05) is 76.3 Å². The molecule has 0 bridgehead atoms. The van der Waals surface area contributed by atoms with Gasteiger partial charge in [-0.25, -0.2) is 24.2 Å². The van der Waals surface area contributed by atoms with Crippen LogP contribution in [0.15, 0.2) is 48.2 Å². The zero-order chi connectivity index (χ0) is 45.8. The number of fused-ring (bicyclic) bond motifs is 2. The number of anilines is 2. The van der Waals surface area contributed by atoms with Gasteiger partial charge in [-0.1, -0.05) is 10.3 Å². The van der Waals surface area contributed by atoms with Crippen molar-refractivity contribution >= 4 is 34.6 Å². The number of rotatable bonds is 9. The first-order chi connectivity index (χ1) is 30.4. The molecule has 0 N–H and O–H groups in total. The van der Waals surface area contributed by atoms with Gasteiger partial charge in [-0.3, -0.25) is 0 Å². The van der Waals surface area contributed by atoms with E-state index in [1.807, 2.05) is 32.9 Å². The van der Waals surface area contributed by atoms with Crippen LogP contribution in [0.3, 0.4) is 0 Å². The summed E-state index contributed by atoms with van der Waals surface area (Å²) in [5, 5.41) is 11.7. The van der Waals surface area contributed by atoms with Crippen LogP contribution in [0.2, 0.25) is 0 Å². The molecule has 2 saturated heterocycles. The fourth-order valence-corrected chi connectivity index (χ4v) is 7.67. The van der Waals surface area contributed by atoms with Gasteiger partial charge < -0.3 is 37.9 Å². The fraction of sp³-hybridized carbons (Fsp3) is 0.565. The maximum absolute atomic E-state index is 12.3. The second-order valence-electron chi connectivity index (χ2n) is 19.2. The number of carbonyl (C=O) groups is 2. The number of hydrogen-bond acceptors (Lipinski definition) is 13. The highest BCUT2D eigenvalue weighted by molar-refractivity contribution is 5.88. The number of nitrogens with zero attached hydrogens (tertiary/aromatic N) is 14. The summed E-state index contributed by atoms with van der Waals surface area (Å²) in [5.74, 6) is 2.16. The number of imidazole rings is 2. The highest BCUT2D eigenvalue weighted by atomic mass is 16.6. The van der Waals surface area contributed by atoms with Gasteiger partial charge in [0.25, 0.3) is 0 Å². The van der Waals surface area contributed by atoms with Gasteiger partial charge in [0.1, 0.15) is 11.2 Å². The molecule has 5 aromatic rings. The number of hydrogen-bond donors (Lipinski definition) is 0. The molecule has 0 spiro atoms. The topological polar surface area (TPSA) is 180 Å². The Morgan fingerprint density at radius 3 is 1.67 bits per heavy atom. The summed E-state index contributed by atoms with van der Waals surface area (Å²) in [6.45, 7) is 19.9. The van der Waals surface area contributed by atoms with Gasteiger partial charge in [-0.05, 0) is 122 Å². The lowest BCUT2D eigenvalue weighted by atomic mass is 10.1. The lowest BCUT2D eigenvalue weighted by Crippen LogP contribution is -2.44. The zero-order valence-corrected chi connectivity index (χ0v) is 38.6. The van der Waals surface area contributed by atoms with E-state index in [0.717, 1.165) is 75.0 Å². The molecule has 2 aliphatic heterocycles. The smallest absolute Gasteiger partial charge is 0.384 e. The average molecular weight is 875 g/mol. The van der Waals surface area contributed by atoms with Crippen LogP contribution < -0.4 is 9.80 Å². The third-order valence-corrected chi connectivity index (χ3v) is 11.3. The van der Waals surface area contributed by atoms with Crippen LogP contribution >= 0.6 is 0 Å². The summed E-state index contributed by atoms with van der Waals surface area (Å²) in [6.07, 6.45) is 20.0. The normalized spacial score (nSPS) is 17.2. The van der Waals surface area contributed by atoms with Gasteiger partial charge >= 0.3 is 11.9 Å². The first kappa shape index (κ1) is 45.9. The Balaban J connectivity index is 0.000000167. The highest BCUT2D eigenvalue weighted by Gasteiger charge is 2.29. The number of azide groups is 1. The van der Waals surface area contributed by atoms with E-state index in [9.17, 15) is 9.59 Å². The van der Waals surface area contributed by atoms with Crippen molar-refractivity contribution in [1.29, 1.82) is 0 Å². The Morgan fingerprint density at radius 2 is 1.23 bits per heavy atom. The second kappa shape index (κ2) is 19.3. The summed E-state index contributed by atoms with van der Waals surface area (Å²) < 4.78 is 16.0. The van der Waals surface area contributed by atoms with Crippen molar-refractivity contribution < 1.29 is 19.1 Å². The molecule has 7 heterocycles. The largest absolute Gasteiger partial charge is 0.455 e. The van der Waals surface area contributed by atoms with E-state index in [1.165, 1.54) is 48.2 Å². The lowest BCUT2D eigenvalue weighted by molar-refractivity contribution is -0.147. The van der Waals surface area contributed by atoms with Gasteiger partial charge in [0.2, 0.25) is 0 Å². The van der Waals surface area contributed by atoms with Gasteiger partial charge in [-0.15, -0.1) is 11.5 Å². The Morgan fingerprint density at radius 1 is 0.750 bits per heavy atom. The minimum absolute atomic E-state index is 0.206. The van der Waals surface area contributed by atoms with Gasteiger partial charge in [0.05, 0.1) is 42.0 Å². The maximum atomic E-state index is 12.3. The predicted octanol–water partition coefficient (Wildman–Crippen LogP) is 6.29. The summed E-state index contributed by atoms with van der Waals surface area (Å²) in [4.78, 5) is 44.7. The first-order valence-corrected chi connectivity index (χ1v) is 22.2. The molecule has 0 unspecified atom stereocenters. The molecule has 18 nitrogen and oxygen atoms in total. The minimum atomic E-state index is -0.609. The molecule has 9 rings (SSSR count). The van der Waals surface area contributed by atoms with E-state index >= 15 is 0 Å². The van der Waals surface area contributed by atoms with Crippen molar-refractivity contribution in [2.45, 2.75) is 103 Å². The Labute approximate surface area is 375 Å². The zero-order valence-electron chi connectivity index (χ0n) is 38.6. The van der Waals surface area contributed by atoms with E-state index in [1.54, 1.807) is 31.6 Å². The van der Waals surface area contributed by atoms with Gasteiger partial charge in [0.15, 0.2) is 17.0 Å². The number of ether oxygens (including phenoxy) is 2. The number of aromatic nitrogens is 7. The molecule has 4 aliphatic rings. The molecular formula is C46H62N14O4. The Bertz CT molecular complexity index is 2530. The molecule has 4 fully saturated rings. The summed E-state index contributed by atoms with van der Waals surface area (Å²) in [6, 6.07) is 4.66. The molecule has 64 heavy (non-hydrogen) atoms. The average Bonchev–Trinajstić information content (AvgIpc) is 4.15. The van der Waals surface area contributed by atoms with Crippen LogP contribution in [0.5, 0.6) is 0 Å². The molecular weight excluding hydrogens is 813 g/mol. The van der Waals surface area contributed by atoms with Crippen molar-refractivity contribution in [2.24, 2.45) is 5.11 Å². The quantitative estimate of drug-likeness (QED) is 0.0404. The standard InChI is InChI=1S/C23H31N7O2.C16H21N7.C7H10O2/c1-23(2,3)32-22(31)19-15-30(26-25-19)14-18-13-29-12-17(16-5-6-16)11-20(21(29)24-18)28-9-7-27(4)8-10-28;1-21-4-6-22(7-5-21)15-8-13(12-2-3-12)10-23-11-14(9-18-20-17)19-16(15)23;1-5-6(8)9-7(2,3)4/h11-13,15-16H,5-10,14H2,1-4H3;8,10-12H,2-7,9H2,1H3;1H,2-4H3. The molecule has 0 atom stereocenters. The number of terminal acetylenes is 1. The molecule has 2 saturated carbocycles. The third kappa shape index (κ3) is 12.3. The number of likely N-dealkylation sites (N-methyl/N-ethyl adjacent to an activating group) is 2. The van der Waals surface area contributed by atoms with E-state index < -0.39 is 23.1 Å². The third-order valence-electron chi connectivity index (χ3n) is 11.3. The van der Waals surface area contributed by atoms with Crippen molar-refractivity contribution in [3.05, 3.63) is 81.8 Å². The molecule has 0 aromatic carbocycles. The summed E-state index contributed by atoms with van der Waals surface area (Å²) >= 11 is 0. The first-order valence-electron chi connectivity index (χ1n) is 22.2. The molecule has 2 aliphatic carbocycles. The van der Waals surface area contributed by atoms with Crippen LogP contribution in [-0.2, 0) is 27.4 Å². The van der Waals surface area contributed by atoms with Crippen molar-refractivity contribution in [1.82, 2.24) is 43.6 Å². The number of esters is 2. The lowest BCUT2D eigenvalue weighted by Gasteiger charge is -2.34. The molecule has 18 heteroatoms. The maximum Gasteiger partial charge on any atom is 0.384 e. The van der Waals surface area contributed by atoms with Crippen LogP contribution in [0.1, 0.15) is 112 Å². The Hall–Kier alpha value is -6.15. The number of piperazine rings is 2. The second-order valence-corrected chi connectivity index (χ2v) is 19.2. The predicted molar refractivity (Wildman–Crippen MR) is 246 cm³/mol. The molecule has 0 radical (unpaired) electrons. The molecule has 0 amide bonds. The van der Waals surface area contributed by atoms with Crippen LogP contribution in [-0.4, -0.2) is 133 Å². The minimum Gasteiger partial charge on any atom is -0.455 e. The molecule has 340 valence electrons. The van der Waals surface area contributed by atoms with E-state index in [2.05, 4.69) is 93.6 Å². The fourth-order valence-electron chi connectivity index (χ4n) is 7.67. The van der Waals surface area contributed by atoms with Crippen molar-refractivity contribution in [3.63, 3.8) is 0 Å². The van der Waals surface area contributed by atoms with E-state index in [4.69, 9.17) is 31.4 Å². The SMILES string of the molecule is C#CC(=O)OC(C)(C)C.CN1CCN(c2cc(C3CC3)cn3cc(CN=[N+]=[N-])nc23)CC1.CN1CCN(c2cc(C3CC3)cn3cc(Cn4cc(C(=O)OC(C)(C)C)nn4)nc23)CC1. The van der Waals surface area contributed by atoms with Gasteiger partial charge in [0, 0.05) is 88.0 Å². The summed E-state index contributed by atoms with van der Waals surface area (Å²) in [7, 11) is 4.34. The number of carbonyl (C=O) groups excluding carboxylic acids is 2. The monoisotopic (exact) mass is 875 g/mol. The van der Waals surface area contributed by atoms with Crippen molar-refractivity contribution in [3.8, 4) is 12.3 Å². The van der Waals surface area contributed by atoms with E-state index in [0.29, 0.717) is 24.9 Å². The van der Waals surface area contributed by atoms with Crippen LogP contribution in [0.25, 0.3) is 21.7 Å². The Kier molecular flexibility index (Phi) is 13.8. The summed E-state index contributed by atoms with van der Waals surface area (Å²) in [5.41, 5.74) is 16.6. The van der Waals surface area contributed by atoms with Crippen LogP contribution in [0.4, 0.5) is 11.4 Å². The van der Waals surface area contributed by atoms with Gasteiger partial charge in [-0.2, -0.15) is 0 Å². The van der Waals surface area contributed by atoms with E-state index in [-0.39, 0.29) is 5.69 Å². The molecule has 5 aromatic heterocycles. The number of pyridine rings is 2. The van der Waals surface area contributed by atoms with Crippen LogP contribution in [0, 0.1) is 12.3 Å².